The number of nitrogens with two attached hydrogens (primary N) is 1. The molecule has 0 atom stereocenters. The molecule has 4 nitrogen and oxygen atoms in total. The van der Waals surface area contributed by atoms with Crippen molar-refractivity contribution in [1.82, 2.24) is 5.32 Å². The molecule has 0 aromatic rings. The van der Waals surface area contributed by atoms with E-state index in [2.05, 4.69) is 13.2 Å². The van der Waals surface area contributed by atoms with Crippen molar-refractivity contribution in [3.8, 4) is 0 Å². The van der Waals surface area contributed by atoms with Gasteiger partial charge in [0.05, 0.1) is 5.70 Å². The van der Waals surface area contributed by atoms with E-state index in [1.54, 1.807) is 0 Å². The van der Waals surface area contributed by atoms with E-state index in [0.29, 0.717) is 0 Å². The van der Waals surface area contributed by atoms with Crippen LogP contribution < -0.4 is 11.1 Å². The average molecular weight is 140 g/mol. The van der Waals surface area contributed by atoms with Crippen LogP contribution >= 0.6 is 0 Å². The van der Waals surface area contributed by atoms with Crippen LogP contribution in [-0.2, 0) is 9.59 Å². The molecule has 3 N–H and O–H groups in total. The number of rotatable bonds is 2. The standard InChI is InChI=1S/C6H8N2O2/c1-3-5(9)8-6(10)4(2)7/h3H,1-2,7H2,(H,8,9,10). The molecular weight excluding hydrogens is 132 g/mol. The SMILES string of the molecule is C=CC(=O)NC(=O)C(=C)N. The average Bonchev–Trinajstić information content (AvgIpc) is 1.87. The topological polar surface area (TPSA) is 72.2 Å². The Bertz CT molecular complexity index is 196. The van der Waals surface area contributed by atoms with Crippen LogP contribution in [0.5, 0.6) is 0 Å². The van der Waals surface area contributed by atoms with Gasteiger partial charge in [-0.2, -0.15) is 0 Å². The van der Waals surface area contributed by atoms with E-state index in [-0.39, 0.29) is 5.70 Å². The molecule has 0 heterocycles. The maximum absolute atomic E-state index is 10.5. The Morgan fingerprint density at radius 2 is 2.00 bits per heavy atom. The minimum absolute atomic E-state index is 0.199. The molecule has 0 bridgehead atoms. The monoisotopic (exact) mass is 140 g/mol. The summed E-state index contributed by atoms with van der Waals surface area (Å²) in [5.74, 6) is -1.28. The highest BCUT2D eigenvalue weighted by Gasteiger charge is 2.03. The van der Waals surface area contributed by atoms with E-state index in [9.17, 15) is 9.59 Å². The van der Waals surface area contributed by atoms with Gasteiger partial charge in [0.25, 0.3) is 5.91 Å². The van der Waals surface area contributed by atoms with E-state index in [4.69, 9.17) is 5.73 Å². The van der Waals surface area contributed by atoms with Gasteiger partial charge in [-0.05, 0) is 6.08 Å². The van der Waals surface area contributed by atoms with Crippen LogP contribution in [0.3, 0.4) is 0 Å². The van der Waals surface area contributed by atoms with Crippen LogP contribution in [0.2, 0.25) is 0 Å². The molecule has 0 aliphatic heterocycles. The number of carbonyl (C=O) groups is 2. The van der Waals surface area contributed by atoms with Crippen molar-refractivity contribution in [3.63, 3.8) is 0 Å². The van der Waals surface area contributed by atoms with Gasteiger partial charge in [-0.15, -0.1) is 0 Å². The van der Waals surface area contributed by atoms with Gasteiger partial charge >= 0.3 is 0 Å². The predicted octanol–water partition coefficient (Wildman–Crippen LogP) is -0.712. The third-order valence-corrected chi connectivity index (χ3v) is 0.714. The van der Waals surface area contributed by atoms with E-state index in [1.807, 2.05) is 5.32 Å². The summed E-state index contributed by atoms with van der Waals surface area (Å²) in [6.07, 6.45) is 0.973. The maximum Gasteiger partial charge on any atom is 0.273 e. The van der Waals surface area contributed by atoms with Crippen molar-refractivity contribution in [2.24, 2.45) is 5.73 Å². The fraction of sp³-hybridized carbons (Fsp3) is 0. The van der Waals surface area contributed by atoms with Crippen molar-refractivity contribution in [1.29, 1.82) is 0 Å². The van der Waals surface area contributed by atoms with Gasteiger partial charge in [-0.3, -0.25) is 14.9 Å². The summed E-state index contributed by atoms with van der Waals surface area (Å²) in [7, 11) is 0. The number of amides is 2. The summed E-state index contributed by atoms with van der Waals surface area (Å²) in [6, 6.07) is 0. The molecule has 0 aromatic heterocycles. The van der Waals surface area contributed by atoms with Crippen molar-refractivity contribution in [3.05, 3.63) is 24.9 Å². The number of nitrogens with one attached hydrogen (secondary N) is 1. The predicted molar refractivity (Wildman–Crippen MR) is 36.7 cm³/mol. The molecule has 0 aliphatic rings. The van der Waals surface area contributed by atoms with E-state index in [0.717, 1.165) is 6.08 Å². The van der Waals surface area contributed by atoms with Gasteiger partial charge in [0, 0.05) is 0 Å². The molecule has 0 unspecified atom stereocenters. The Kier molecular flexibility index (Phi) is 2.90. The van der Waals surface area contributed by atoms with Gasteiger partial charge in [0.2, 0.25) is 5.91 Å². The van der Waals surface area contributed by atoms with Crippen molar-refractivity contribution in [2.75, 3.05) is 0 Å². The zero-order valence-electron chi connectivity index (χ0n) is 5.39. The van der Waals surface area contributed by atoms with Crippen molar-refractivity contribution < 1.29 is 9.59 Å². The Morgan fingerprint density at radius 3 is 2.30 bits per heavy atom. The minimum atomic E-state index is -0.690. The highest BCUT2D eigenvalue weighted by Crippen LogP contribution is 1.76. The molecule has 2 amide bonds. The Hall–Kier alpha value is -1.58. The molecule has 0 radical (unpaired) electrons. The fourth-order valence-corrected chi connectivity index (χ4v) is 0.243. The first-order valence-electron chi connectivity index (χ1n) is 2.50. The molecule has 0 saturated carbocycles. The Balaban J connectivity index is 3.92. The van der Waals surface area contributed by atoms with Crippen LogP contribution in [-0.4, -0.2) is 11.8 Å². The van der Waals surface area contributed by atoms with Gasteiger partial charge in [0.1, 0.15) is 0 Å². The fourth-order valence-electron chi connectivity index (χ4n) is 0.243. The first-order valence-corrected chi connectivity index (χ1v) is 2.50. The van der Waals surface area contributed by atoms with Gasteiger partial charge in [-0.1, -0.05) is 13.2 Å². The number of hydrogen-bond acceptors (Lipinski definition) is 3. The van der Waals surface area contributed by atoms with Crippen molar-refractivity contribution >= 4 is 11.8 Å². The Labute approximate surface area is 58.4 Å². The highest BCUT2D eigenvalue weighted by atomic mass is 16.2. The lowest BCUT2D eigenvalue weighted by Crippen LogP contribution is -2.32. The number of carbonyl (C=O) groups excluding carboxylic acids is 2. The molecule has 0 aliphatic carbocycles. The summed E-state index contributed by atoms with van der Waals surface area (Å²) in [5, 5.41) is 1.91. The molecule has 54 valence electrons. The Morgan fingerprint density at radius 1 is 1.50 bits per heavy atom. The number of hydrogen-bond donors (Lipinski definition) is 2. The summed E-state index contributed by atoms with van der Waals surface area (Å²) in [6.45, 7) is 6.26. The van der Waals surface area contributed by atoms with E-state index in [1.165, 1.54) is 0 Å². The quantitative estimate of drug-likeness (QED) is 0.497. The molecule has 0 rings (SSSR count). The largest absolute Gasteiger partial charge is 0.395 e. The molecule has 0 aromatic carbocycles. The van der Waals surface area contributed by atoms with E-state index < -0.39 is 11.8 Å². The molecule has 0 spiro atoms. The van der Waals surface area contributed by atoms with E-state index >= 15 is 0 Å². The molecular formula is C6H8N2O2. The van der Waals surface area contributed by atoms with Crippen molar-refractivity contribution in [2.45, 2.75) is 0 Å². The molecule has 0 fully saturated rings. The summed E-state index contributed by atoms with van der Waals surface area (Å²) in [5.41, 5.74) is 4.75. The third-order valence-electron chi connectivity index (χ3n) is 0.714. The number of imide groups is 1. The highest BCUT2D eigenvalue weighted by molar-refractivity contribution is 6.06. The van der Waals surface area contributed by atoms with Gasteiger partial charge in [-0.25, -0.2) is 0 Å². The molecule has 0 saturated heterocycles. The second kappa shape index (κ2) is 3.45. The van der Waals surface area contributed by atoms with Crippen LogP contribution in [0, 0.1) is 0 Å². The maximum atomic E-state index is 10.5. The second-order valence-corrected chi connectivity index (χ2v) is 1.55. The lowest BCUT2D eigenvalue weighted by Gasteiger charge is -1.96. The summed E-state index contributed by atoms with van der Waals surface area (Å²) >= 11 is 0. The lowest BCUT2D eigenvalue weighted by atomic mass is 10.4. The van der Waals surface area contributed by atoms with Crippen LogP contribution in [0.15, 0.2) is 24.9 Å². The molecule has 10 heavy (non-hydrogen) atoms. The van der Waals surface area contributed by atoms with Crippen LogP contribution in [0.25, 0.3) is 0 Å². The van der Waals surface area contributed by atoms with Crippen LogP contribution in [0.1, 0.15) is 0 Å². The summed E-state index contributed by atoms with van der Waals surface area (Å²) < 4.78 is 0. The normalized spacial score (nSPS) is 8.00. The first kappa shape index (κ1) is 8.42. The third kappa shape index (κ3) is 2.66. The minimum Gasteiger partial charge on any atom is -0.395 e. The van der Waals surface area contributed by atoms with Crippen LogP contribution in [0.4, 0.5) is 0 Å². The lowest BCUT2D eigenvalue weighted by molar-refractivity contribution is -0.125. The van der Waals surface area contributed by atoms with Gasteiger partial charge in [0.15, 0.2) is 0 Å². The summed E-state index contributed by atoms with van der Waals surface area (Å²) in [4.78, 5) is 20.9. The van der Waals surface area contributed by atoms with Gasteiger partial charge < -0.3 is 5.73 Å². The molecule has 4 heteroatoms. The second-order valence-electron chi connectivity index (χ2n) is 1.55. The zero-order chi connectivity index (χ0) is 8.15. The first-order chi connectivity index (χ1) is 4.57. The smallest absolute Gasteiger partial charge is 0.273 e. The zero-order valence-corrected chi connectivity index (χ0v) is 5.39.